The minimum Gasteiger partial charge on any atom is -0.399 e. The van der Waals surface area contributed by atoms with E-state index in [1.165, 1.54) is 18.0 Å². The van der Waals surface area contributed by atoms with Crippen LogP contribution in [0.15, 0.2) is 35.7 Å². The largest absolute Gasteiger partial charge is 0.416 e. The lowest BCUT2D eigenvalue weighted by molar-refractivity contribution is -0.137. The molecule has 2 aromatic heterocycles. The quantitative estimate of drug-likeness (QED) is 0.261. The highest BCUT2D eigenvalue weighted by atomic mass is 35.5. The van der Waals surface area contributed by atoms with Crippen LogP contribution in [0.5, 0.6) is 0 Å². The van der Waals surface area contributed by atoms with Crippen LogP contribution in [0.2, 0.25) is 5.28 Å². The third-order valence-corrected chi connectivity index (χ3v) is 5.66. The molecule has 12 heteroatoms. The van der Waals surface area contributed by atoms with E-state index in [0.29, 0.717) is 24.3 Å². The van der Waals surface area contributed by atoms with Crippen molar-refractivity contribution in [3.05, 3.63) is 58.4 Å². The Labute approximate surface area is 193 Å². The number of hydrogen-bond acceptors (Lipinski definition) is 7. The lowest BCUT2D eigenvalue weighted by Crippen LogP contribution is -2.27. The normalized spacial score (nSPS) is 13.8. The van der Waals surface area contributed by atoms with Crippen molar-refractivity contribution in [2.24, 2.45) is 0 Å². The molecule has 0 saturated carbocycles. The molecule has 0 atom stereocenters. The summed E-state index contributed by atoms with van der Waals surface area (Å²) in [4.78, 5) is 15.6. The summed E-state index contributed by atoms with van der Waals surface area (Å²) in [7, 11) is 0. The maximum atomic E-state index is 13.1. The number of halogens is 4. The Morgan fingerprint density at radius 1 is 1.25 bits per heavy atom. The van der Waals surface area contributed by atoms with Crippen LogP contribution < -0.4 is 11.1 Å². The van der Waals surface area contributed by atoms with Crippen molar-refractivity contribution in [1.29, 1.82) is 0 Å². The van der Waals surface area contributed by atoms with Crippen molar-refractivity contribution in [2.75, 3.05) is 17.6 Å². The zero-order valence-electron chi connectivity index (χ0n) is 17.5. The summed E-state index contributed by atoms with van der Waals surface area (Å²) < 4.78 is 41.3. The Kier molecular flexibility index (Phi) is 7.86. The number of benzene rings is 1. The van der Waals surface area contributed by atoms with E-state index in [9.17, 15) is 13.2 Å². The Balaban J connectivity index is 0.00000141. The molecule has 7 nitrogen and oxygen atoms in total. The van der Waals surface area contributed by atoms with Gasteiger partial charge in [-0.05, 0) is 47.3 Å². The molecule has 4 N–H and O–H groups in total. The summed E-state index contributed by atoms with van der Waals surface area (Å²) in [6, 6.07) is 3.48. The third kappa shape index (κ3) is 6.05. The van der Waals surface area contributed by atoms with E-state index in [-0.39, 0.29) is 17.5 Å². The molecule has 4 rings (SSSR count). The molecule has 1 aliphatic rings. The predicted octanol–water partition coefficient (Wildman–Crippen LogP) is 5.16. The van der Waals surface area contributed by atoms with Gasteiger partial charge in [0.2, 0.25) is 5.28 Å². The van der Waals surface area contributed by atoms with Crippen LogP contribution in [0, 0.1) is 0 Å². The van der Waals surface area contributed by atoms with Gasteiger partial charge in [0.05, 0.1) is 23.8 Å². The second-order valence-electron chi connectivity index (χ2n) is 6.70. The monoisotopic (exact) mass is 485 g/mol. The second-order valence-corrected chi connectivity index (χ2v) is 8.18. The van der Waals surface area contributed by atoms with Crippen LogP contribution in [0.4, 0.5) is 24.7 Å². The summed E-state index contributed by atoms with van der Waals surface area (Å²) in [5, 5.41) is 4.10. The van der Waals surface area contributed by atoms with Gasteiger partial charge >= 0.3 is 6.18 Å². The molecule has 0 aliphatic carbocycles. The maximum absolute atomic E-state index is 13.1. The minimum atomic E-state index is -4.47. The van der Waals surface area contributed by atoms with Crippen molar-refractivity contribution in [3.8, 4) is 0 Å². The molecule has 0 saturated heterocycles. The second kappa shape index (κ2) is 10.4. The molecule has 3 heterocycles. The van der Waals surface area contributed by atoms with Crippen molar-refractivity contribution >= 4 is 35.1 Å². The Morgan fingerprint density at radius 3 is 2.72 bits per heavy atom. The molecule has 0 unspecified atom stereocenters. The number of nitrogens with two attached hydrogens (primary N) is 1. The number of nitrogen functional groups attached to an aromatic ring is 1. The van der Waals surface area contributed by atoms with Crippen LogP contribution in [-0.4, -0.2) is 30.8 Å². The number of nitrogens with zero attached hydrogens (tertiary/aromatic N) is 4. The van der Waals surface area contributed by atoms with Crippen LogP contribution >= 0.6 is 23.5 Å². The van der Waals surface area contributed by atoms with Crippen LogP contribution in [0.1, 0.15) is 36.2 Å². The van der Waals surface area contributed by atoms with Gasteiger partial charge < -0.3 is 16.0 Å². The summed E-state index contributed by atoms with van der Waals surface area (Å²) >= 11 is 7.59. The van der Waals surface area contributed by atoms with Crippen molar-refractivity contribution in [2.45, 2.75) is 44.6 Å². The van der Waals surface area contributed by atoms with Gasteiger partial charge in [-0.1, -0.05) is 13.8 Å². The molecule has 0 spiro atoms. The number of rotatable bonds is 5. The van der Waals surface area contributed by atoms with E-state index >= 15 is 0 Å². The number of fused-ring (bicyclic) bond motifs is 1. The molecule has 0 radical (unpaired) electrons. The molecule has 32 heavy (non-hydrogen) atoms. The molecule has 0 fully saturated rings. The first-order valence-corrected chi connectivity index (χ1v) is 11.1. The fraction of sp³-hybridized carbons (Fsp3) is 0.350. The van der Waals surface area contributed by atoms with Gasteiger partial charge in [0.1, 0.15) is 10.8 Å². The zero-order valence-corrected chi connectivity index (χ0v) is 19.1. The van der Waals surface area contributed by atoms with Gasteiger partial charge in [-0.2, -0.15) is 13.2 Å². The SMILES string of the molecule is CC.Nc1cc(CNc2nc(Cl)nc3c2CN(Sc2cnc[nH]2)CC3)cc(C(F)(F)F)c1. The zero-order chi connectivity index (χ0) is 23.3. The highest BCUT2D eigenvalue weighted by Gasteiger charge is 2.31. The lowest BCUT2D eigenvalue weighted by Gasteiger charge is -2.27. The number of hydrogen-bond donors (Lipinski definition) is 3. The summed E-state index contributed by atoms with van der Waals surface area (Å²) in [6.07, 6.45) is -0.456. The van der Waals surface area contributed by atoms with Crippen LogP contribution in [-0.2, 0) is 25.7 Å². The van der Waals surface area contributed by atoms with Gasteiger partial charge in [-0.3, -0.25) is 0 Å². The number of nitrogens with one attached hydrogen (secondary N) is 2. The number of aromatic nitrogens is 4. The van der Waals surface area contributed by atoms with Gasteiger partial charge in [-0.15, -0.1) is 0 Å². The van der Waals surface area contributed by atoms with Gasteiger partial charge in [0.15, 0.2) is 0 Å². The van der Waals surface area contributed by atoms with Crippen LogP contribution in [0.3, 0.4) is 0 Å². The summed E-state index contributed by atoms with van der Waals surface area (Å²) in [5.41, 5.74) is 6.99. The molecule has 172 valence electrons. The van der Waals surface area contributed by atoms with Crippen molar-refractivity contribution in [3.63, 3.8) is 0 Å². The average Bonchev–Trinajstić information content (AvgIpc) is 3.26. The topological polar surface area (TPSA) is 95.8 Å². The van der Waals surface area contributed by atoms with E-state index in [0.717, 1.165) is 35.0 Å². The first-order valence-electron chi connectivity index (χ1n) is 9.95. The highest BCUT2D eigenvalue weighted by molar-refractivity contribution is 7.96. The molecule has 3 aromatic rings. The molecule has 0 bridgehead atoms. The van der Waals surface area contributed by atoms with Gasteiger partial charge in [0.25, 0.3) is 0 Å². The minimum absolute atomic E-state index is 0.0477. The van der Waals surface area contributed by atoms with E-state index in [1.807, 2.05) is 13.8 Å². The van der Waals surface area contributed by atoms with Gasteiger partial charge in [0, 0.05) is 37.3 Å². The smallest absolute Gasteiger partial charge is 0.399 e. The number of aromatic amines is 1. The van der Waals surface area contributed by atoms with Crippen LogP contribution in [0.25, 0.3) is 0 Å². The fourth-order valence-corrected chi connectivity index (χ4v) is 4.24. The highest BCUT2D eigenvalue weighted by Crippen LogP contribution is 2.33. The Morgan fingerprint density at radius 2 is 2.03 bits per heavy atom. The van der Waals surface area contributed by atoms with Crippen molar-refractivity contribution in [1.82, 2.24) is 24.2 Å². The molecular formula is C20H23ClF3N7S. The first-order chi connectivity index (χ1) is 15.3. The van der Waals surface area contributed by atoms with Gasteiger partial charge in [-0.25, -0.2) is 19.3 Å². The summed E-state index contributed by atoms with van der Waals surface area (Å²) in [5.74, 6) is 0.496. The number of alkyl halides is 3. The van der Waals surface area contributed by atoms with E-state index in [4.69, 9.17) is 17.3 Å². The van der Waals surface area contributed by atoms with E-state index < -0.39 is 11.7 Å². The first kappa shape index (κ1) is 24.1. The predicted molar refractivity (Wildman–Crippen MR) is 120 cm³/mol. The molecule has 1 aliphatic heterocycles. The fourth-order valence-electron chi connectivity index (χ4n) is 3.19. The number of imidazole rings is 1. The number of H-pyrrole nitrogens is 1. The third-order valence-electron chi connectivity index (χ3n) is 4.50. The Bertz CT molecular complexity index is 1040. The lowest BCUT2D eigenvalue weighted by atomic mass is 10.1. The molecule has 0 amide bonds. The number of anilines is 2. The van der Waals surface area contributed by atoms with Crippen molar-refractivity contribution < 1.29 is 13.2 Å². The molecule has 1 aromatic carbocycles. The maximum Gasteiger partial charge on any atom is 0.416 e. The summed E-state index contributed by atoms with van der Waals surface area (Å²) in [6.45, 7) is 5.42. The van der Waals surface area contributed by atoms with E-state index in [1.54, 1.807) is 12.5 Å². The standard InChI is InChI=1S/C18H17ClF3N7S.C2H6/c19-17-27-14-1-2-29(30-15-7-24-9-26-15)8-13(14)16(28-17)25-6-10-3-11(18(20,21)22)5-12(23)4-10;1-2/h3-5,7,9H,1-2,6,8,23H2,(H,24,26)(H,25,27,28);1-2H3. The van der Waals surface area contributed by atoms with E-state index in [2.05, 4.69) is 29.6 Å². The Hall–Kier alpha value is -2.50. The molecular weight excluding hydrogens is 463 g/mol. The average molecular weight is 486 g/mol.